The maximum Gasteiger partial charge on any atom is 0.337 e. The summed E-state index contributed by atoms with van der Waals surface area (Å²) in [6.45, 7) is 3.62. The van der Waals surface area contributed by atoms with Crippen LogP contribution >= 0.6 is 11.3 Å². The van der Waals surface area contributed by atoms with Gasteiger partial charge in [-0.1, -0.05) is 30.3 Å². The second-order valence-electron chi connectivity index (χ2n) is 9.03. The molecule has 0 bridgehead atoms. The van der Waals surface area contributed by atoms with E-state index < -0.39 is 34.4 Å². The van der Waals surface area contributed by atoms with Gasteiger partial charge in [0.1, 0.15) is 5.92 Å². The van der Waals surface area contributed by atoms with E-state index in [1.54, 1.807) is 18.4 Å². The van der Waals surface area contributed by atoms with Gasteiger partial charge in [-0.15, -0.1) is 11.3 Å². The Labute approximate surface area is 229 Å². The number of nitrogens with one attached hydrogen (secondary N) is 2. The van der Waals surface area contributed by atoms with Crippen LogP contribution in [0.4, 0.5) is 10.8 Å². The van der Waals surface area contributed by atoms with Gasteiger partial charge in [-0.05, 0) is 31.5 Å². The van der Waals surface area contributed by atoms with Crippen molar-refractivity contribution in [2.24, 2.45) is 5.92 Å². The third kappa shape index (κ3) is 5.15. The number of aromatic nitrogens is 1. The largest absolute Gasteiger partial charge is 0.490 e. The highest BCUT2D eigenvalue weighted by atomic mass is 32.1. The number of nitro groups is 1. The molecule has 0 saturated heterocycles. The third-order valence-corrected chi connectivity index (χ3v) is 7.58. The number of nitro benzene ring substituents is 1. The molecule has 0 amide bonds. The van der Waals surface area contributed by atoms with Gasteiger partial charge in [0.15, 0.2) is 10.9 Å². The van der Waals surface area contributed by atoms with Crippen LogP contribution in [-0.2, 0) is 24.6 Å². The van der Waals surface area contributed by atoms with Crippen LogP contribution in [0, 0.1) is 16.0 Å². The van der Waals surface area contributed by atoms with E-state index >= 15 is 0 Å². The fraction of sp³-hybridized carbons (Fsp3) is 0.296. The van der Waals surface area contributed by atoms with Crippen LogP contribution < -0.4 is 15.4 Å². The van der Waals surface area contributed by atoms with Gasteiger partial charge in [-0.3, -0.25) is 14.9 Å². The molecule has 2 heterocycles. The van der Waals surface area contributed by atoms with Crippen molar-refractivity contribution in [3.63, 3.8) is 0 Å². The van der Waals surface area contributed by atoms with E-state index in [0.29, 0.717) is 22.1 Å². The first-order valence-corrected chi connectivity index (χ1v) is 12.8. The second-order valence-corrected chi connectivity index (χ2v) is 9.89. The number of carbonyl (C=O) groups excluding carboxylic acids is 2. The molecule has 12 heteroatoms. The Morgan fingerprint density at radius 3 is 2.46 bits per heavy atom. The first kappa shape index (κ1) is 27.6. The van der Waals surface area contributed by atoms with Crippen LogP contribution in [0.5, 0.6) is 5.75 Å². The summed E-state index contributed by atoms with van der Waals surface area (Å²) in [6.07, 6.45) is 0. The fourth-order valence-corrected chi connectivity index (χ4v) is 5.70. The molecule has 3 aromatic rings. The van der Waals surface area contributed by atoms with E-state index in [1.807, 2.05) is 37.3 Å². The van der Waals surface area contributed by atoms with Crippen molar-refractivity contribution in [1.29, 1.82) is 0 Å². The molecule has 0 saturated carbocycles. The van der Waals surface area contributed by atoms with E-state index in [4.69, 9.17) is 14.2 Å². The van der Waals surface area contributed by atoms with Crippen molar-refractivity contribution >= 4 is 34.1 Å². The maximum absolute atomic E-state index is 13.3. The van der Waals surface area contributed by atoms with Gasteiger partial charge in [0.2, 0.25) is 0 Å². The van der Waals surface area contributed by atoms with Crippen molar-refractivity contribution in [3.8, 4) is 17.0 Å². The summed E-state index contributed by atoms with van der Waals surface area (Å²) in [7, 11) is 3.93. The Morgan fingerprint density at radius 1 is 1.13 bits per heavy atom. The Morgan fingerprint density at radius 2 is 1.85 bits per heavy atom. The number of anilines is 1. The van der Waals surface area contributed by atoms with Crippen LogP contribution in [0.3, 0.4) is 0 Å². The minimum Gasteiger partial charge on any atom is -0.490 e. The summed E-state index contributed by atoms with van der Waals surface area (Å²) >= 11 is 1.23. The zero-order valence-electron chi connectivity index (χ0n) is 22.0. The van der Waals surface area contributed by atoms with Gasteiger partial charge in [0, 0.05) is 22.7 Å². The quantitative estimate of drug-likeness (QED) is 0.236. The number of carbonyl (C=O) groups is 2. The number of rotatable bonds is 8. The second kappa shape index (κ2) is 11.1. The van der Waals surface area contributed by atoms with E-state index in [-0.39, 0.29) is 17.0 Å². The third-order valence-electron chi connectivity index (χ3n) is 6.81. The van der Waals surface area contributed by atoms with E-state index in [0.717, 1.165) is 5.56 Å². The number of methoxy groups -OCH3 is 3. The molecule has 0 radical (unpaired) electrons. The number of benzene rings is 2. The minimum absolute atomic E-state index is 0.136. The van der Waals surface area contributed by atoms with Gasteiger partial charge < -0.3 is 24.8 Å². The van der Waals surface area contributed by atoms with Crippen LogP contribution in [0.25, 0.3) is 11.3 Å². The number of esters is 2. The van der Waals surface area contributed by atoms with E-state index in [9.17, 15) is 19.7 Å². The van der Waals surface area contributed by atoms with Crippen molar-refractivity contribution in [3.05, 3.63) is 80.9 Å². The highest BCUT2D eigenvalue weighted by Crippen LogP contribution is 2.42. The van der Waals surface area contributed by atoms with Crippen LogP contribution in [-0.4, -0.2) is 49.2 Å². The molecule has 3 unspecified atom stereocenters. The van der Waals surface area contributed by atoms with Gasteiger partial charge >= 0.3 is 17.6 Å². The number of allylic oxidation sites excluding steroid dienone is 1. The topological polar surface area (TPSA) is 142 Å². The molecule has 39 heavy (non-hydrogen) atoms. The van der Waals surface area contributed by atoms with Crippen LogP contribution in [0.2, 0.25) is 0 Å². The zero-order valence-corrected chi connectivity index (χ0v) is 22.8. The lowest BCUT2D eigenvalue weighted by molar-refractivity contribution is -0.385. The lowest BCUT2D eigenvalue weighted by Gasteiger charge is -2.46. The SMILES string of the molecule is COC(=O)C1=C(C)NC(C)(c2ccccc2)C(C(=O)OC)C1Nc1nc(-c2ccc(OC)c([N+](=O)[O-])c2)cs1. The molecule has 1 aromatic heterocycles. The average molecular weight is 553 g/mol. The first-order valence-electron chi connectivity index (χ1n) is 11.9. The molecule has 2 aromatic carbocycles. The van der Waals surface area contributed by atoms with Gasteiger partial charge in [0.05, 0.1) is 49.1 Å². The van der Waals surface area contributed by atoms with Crippen molar-refractivity contribution in [2.45, 2.75) is 25.4 Å². The number of thiazole rings is 1. The molecule has 0 fully saturated rings. The standard InChI is InChI=1S/C27H28N4O7S/c1-15-21(24(32)37-4)23(22(25(33)38-5)27(2,30-15)17-9-7-6-8-10-17)29-26-28-18(14-39-26)16-11-12-20(36-3)19(13-16)31(34)35/h6-14,22-23,30H,1-5H3,(H,28,29). The van der Waals surface area contributed by atoms with Gasteiger partial charge in [0.25, 0.3) is 0 Å². The molecule has 204 valence electrons. The Kier molecular flexibility index (Phi) is 7.86. The molecule has 0 aliphatic carbocycles. The average Bonchev–Trinajstić information content (AvgIpc) is 3.41. The predicted molar refractivity (Wildman–Crippen MR) is 145 cm³/mol. The highest BCUT2D eigenvalue weighted by molar-refractivity contribution is 7.14. The summed E-state index contributed by atoms with van der Waals surface area (Å²) in [5, 5.41) is 20.2. The Bertz CT molecular complexity index is 1440. The maximum atomic E-state index is 13.3. The first-order chi connectivity index (χ1) is 18.6. The molecular weight excluding hydrogens is 524 g/mol. The van der Waals surface area contributed by atoms with Crippen LogP contribution in [0.15, 0.2) is 65.2 Å². The number of ether oxygens (including phenoxy) is 3. The summed E-state index contributed by atoms with van der Waals surface area (Å²) in [5.41, 5.74) is 1.43. The molecule has 1 aliphatic heterocycles. The van der Waals surface area contributed by atoms with Gasteiger partial charge in [-0.25, -0.2) is 9.78 Å². The minimum atomic E-state index is -0.954. The fourth-order valence-electron chi connectivity index (χ4n) is 4.95. The molecule has 0 spiro atoms. The monoisotopic (exact) mass is 552 g/mol. The molecule has 4 rings (SSSR count). The summed E-state index contributed by atoms with van der Waals surface area (Å²) in [5.74, 6) is -1.92. The lowest BCUT2D eigenvalue weighted by Crippen LogP contribution is -2.60. The number of nitrogens with zero attached hydrogens (tertiary/aromatic N) is 2. The molecule has 11 nitrogen and oxygen atoms in total. The summed E-state index contributed by atoms with van der Waals surface area (Å²) < 4.78 is 15.4. The van der Waals surface area contributed by atoms with E-state index in [2.05, 4.69) is 15.6 Å². The van der Waals surface area contributed by atoms with Crippen molar-refractivity contribution < 1.29 is 28.7 Å². The highest BCUT2D eigenvalue weighted by Gasteiger charge is 2.52. The summed E-state index contributed by atoms with van der Waals surface area (Å²) in [4.78, 5) is 41.9. The number of hydrogen-bond acceptors (Lipinski definition) is 11. The van der Waals surface area contributed by atoms with E-state index in [1.165, 1.54) is 44.8 Å². The lowest BCUT2D eigenvalue weighted by atomic mass is 9.70. The summed E-state index contributed by atoms with van der Waals surface area (Å²) in [6, 6.07) is 13.1. The molecule has 3 atom stereocenters. The normalized spacial score (nSPS) is 20.5. The molecular formula is C27H28N4O7S. The molecule has 2 N–H and O–H groups in total. The van der Waals surface area contributed by atoms with Gasteiger partial charge in [-0.2, -0.15) is 0 Å². The molecule has 1 aliphatic rings. The van der Waals surface area contributed by atoms with Crippen LogP contribution in [0.1, 0.15) is 19.4 Å². The van der Waals surface area contributed by atoms with Crippen molar-refractivity contribution in [1.82, 2.24) is 10.3 Å². The predicted octanol–water partition coefficient (Wildman–Crippen LogP) is 4.26. The smallest absolute Gasteiger partial charge is 0.337 e. The Hall–Kier alpha value is -4.45. The Balaban J connectivity index is 1.79. The van der Waals surface area contributed by atoms with Crippen molar-refractivity contribution in [2.75, 3.05) is 26.6 Å². The zero-order chi connectivity index (χ0) is 28.3. The number of hydrogen-bond donors (Lipinski definition) is 2.